The molecule has 108 valence electrons. The molecule has 5 heteroatoms. The van der Waals surface area contributed by atoms with Crippen molar-refractivity contribution in [2.75, 3.05) is 18.8 Å². The maximum atomic E-state index is 12.5. The van der Waals surface area contributed by atoms with Crippen molar-refractivity contribution in [3.63, 3.8) is 0 Å². The van der Waals surface area contributed by atoms with E-state index in [0.29, 0.717) is 24.5 Å². The van der Waals surface area contributed by atoms with Gasteiger partial charge in [-0.05, 0) is 31.9 Å². The summed E-state index contributed by atoms with van der Waals surface area (Å²) in [4.78, 5) is 18.4. The highest BCUT2D eigenvalue weighted by molar-refractivity contribution is 5.95. The molecule has 0 spiro atoms. The number of carbonyl (C=O) groups is 1. The Balaban J connectivity index is 3.03. The van der Waals surface area contributed by atoms with Gasteiger partial charge in [-0.3, -0.25) is 4.79 Å². The average molecular weight is 274 g/mol. The van der Waals surface area contributed by atoms with Gasteiger partial charge >= 0.3 is 0 Å². The van der Waals surface area contributed by atoms with Crippen LogP contribution >= 0.6 is 0 Å². The van der Waals surface area contributed by atoms with Gasteiger partial charge in [-0.15, -0.1) is 0 Å². The Labute approximate surface area is 120 Å². The molecular formula is C15H22N4O. The summed E-state index contributed by atoms with van der Waals surface area (Å²) in [5.41, 5.74) is 7.11. The summed E-state index contributed by atoms with van der Waals surface area (Å²) >= 11 is 0. The Morgan fingerprint density at radius 2 is 2.10 bits per heavy atom. The van der Waals surface area contributed by atoms with Gasteiger partial charge < -0.3 is 10.6 Å². The fraction of sp³-hybridized carbons (Fsp3) is 0.533. The van der Waals surface area contributed by atoms with E-state index in [9.17, 15) is 4.79 Å². The predicted octanol–water partition coefficient (Wildman–Crippen LogP) is 2.41. The fourth-order valence-corrected chi connectivity index (χ4v) is 1.90. The van der Waals surface area contributed by atoms with Gasteiger partial charge in [0.25, 0.3) is 5.91 Å². The first-order valence-corrected chi connectivity index (χ1v) is 6.85. The largest absolute Gasteiger partial charge is 0.384 e. The van der Waals surface area contributed by atoms with Gasteiger partial charge in [-0.1, -0.05) is 13.8 Å². The van der Waals surface area contributed by atoms with E-state index in [2.05, 4.69) is 11.1 Å². The number of nitrogen functional groups attached to an aromatic ring is 1. The lowest BCUT2D eigenvalue weighted by Gasteiger charge is -2.22. The van der Waals surface area contributed by atoms with Gasteiger partial charge in [0.15, 0.2) is 0 Å². The number of nitrogens with two attached hydrogens (primary N) is 1. The van der Waals surface area contributed by atoms with E-state index in [1.807, 2.05) is 20.8 Å². The number of aromatic nitrogens is 1. The molecule has 20 heavy (non-hydrogen) atoms. The quantitative estimate of drug-likeness (QED) is 0.893. The van der Waals surface area contributed by atoms with Gasteiger partial charge in [-0.25, -0.2) is 4.98 Å². The number of nitriles is 1. The molecule has 0 aliphatic heterocycles. The van der Waals surface area contributed by atoms with Gasteiger partial charge in [-0.2, -0.15) is 5.26 Å². The Morgan fingerprint density at radius 1 is 1.45 bits per heavy atom. The Bertz CT molecular complexity index is 519. The van der Waals surface area contributed by atoms with Crippen molar-refractivity contribution >= 4 is 11.7 Å². The number of rotatable bonds is 5. The highest BCUT2D eigenvalue weighted by atomic mass is 16.2. The third-order valence-corrected chi connectivity index (χ3v) is 3.09. The minimum atomic E-state index is -0.192. The number of amides is 1. The molecule has 1 heterocycles. The van der Waals surface area contributed by atoms with Crippen molar-refractivity contribution in [2.24, 2.45) is 5.92 Å². The number of anilines is 1. The van der Waals surface area contributed by atoms with Gasteiger partial charge in [0.2, 0.25) is 0 Å². The topological polar surface area (TPSA) is 83.0 Å². The van der Waals surface area contributed by atoms with Crippen LogP contribution in [-0.4, -0.2) is 28.9 Å². The van der Waals surface area contributed by atoms with Gasteiger partial charge in [0.05, 0.1) is 12.0 Å². The van der Waals surface area contributed by atoms with Crippen molar-refractivity contribution in [3.05, 3.63) is 23.4 Å². The highest BCUT2D eigenvalue weighted by Crippen LogP contribution is 2.17. The van der Waals surface area contributed by atoms with Crippen LogP contribution in [0.4, 0.5) is 5.82 Å². The van der Waals surface area contributed by atoms with Crippen LogP contribution in [0.2, 0.25) is 0 Å². The lowest BCUT2D eigenvalue weighted by molar-refractivity contribution is 0.0752. The van der Waals surface area contributed by atoms with Crippen LogP contribution in [0.5, 0.6) is 0 Å². The molecular weight excluding hydrogens is 252 g/mol. The molecule has 0 saturated carbocycles. The summed E-state index contributed by atoms with van der Waals surface area (Å²) in [5, 5.41) is 8.87. The van der Waals surface area contributed by atoms with Gasteiger partial charge in [0, 0.05) is 24.3 Å². The Morgan fingerprint density at radius 3 is 2.60 bits per heavy atom. The average Bonchev–Trinajstić information content (AvgIpc) is 2.42. The third-order valence-electron chi connectivity index (χ3n) is 3.09. The number of hydrogen-bond donors (Lipinski definition) is 1. The molecule has 0 bridgehead atoms. The summed E-state index contributed by atoms with van der Waals surface area (Å²) in [6, 6.07) is 5.52. The molecule has 0 aliphatic carbocycles. The molecule has 5 nitrogen and oxygen atoms in total. The Kier molecular flexibility index (Phi) is 5.51. The van der Waals surface area contributed by atoms with Gasteiger partial charge in [0.1, 0.15) is 5.82 Å². The van der Waals surface area contributed by atoms with E-state index in [-0.39, 0.29) is 17.7 Å². The lowest BCUT2D eigenvalue weighted by Crippen LogP contribution is -2.34. The molecule has 0 aliphatic rings. The molecule has 1 amide bonds. The minimum absolute atomic E-state index is 0.106. The molecule has 1 atom stereocenters. The molecule has 1 aromatic heterocycles. The summed E-state index contributed by atoms with van der Waals surface area (Å²) in [5.74, 6) is 0.260. The number of pyridine rings is 1. The molecule has 0 fully saturated rings. The van der Waals surface area contributed by atoms with Crippen molar-refractivity contribution < 1.29 is 4.79 Å². The van der Waals surface area contributed by atoms with Crippen LogP contribution in [0, 0.1) is 17.2 Å². The lowest BCUT2D eigenvalue weighted by atomic mass is 10.1. The second-order valence-electron chi connectivity index (χ2n) is 5.23. The zero-order valence-electron chi connectivity index (χ0n) is 12.6. The van der Waals surface area contributed by atoms with Crippen LogP contribution in [0.1, 0.15) is 49.7 Å². The second-order valence-corrected chi connectivity index (χ2v) is 5.23. The van der Waals surface area contributed by atoms with Crippen molar-refractivity contribution in [3.8, 4) is 6.07 Å². The standard InChI is InChI=1S/C15H22N4O/c1-5-19(9-11(4)8-16)15(20)12-6-13(10(2)3)18-14(17)7-12/h6-7,10-11H,5,9H2,1-4H3,(H2,17,18). The smallest absolute Gasteiger partial charge is 0.254 e. The zero-order valence-corrected chi connectivity index (χ0v) is 12.6. The molecule has 1 unspecified atom stereocenters. The Hall–Kier alpha value is -2.09. The van der Waals surface area contributed by atoms with E-state index in [0.717, 1.165) is 5.69 Å². The van der Waals surface area contributed by atoms with Crippen LogP contribution in [0.15, 0.2) is 12.1 Å². The zero-order chi connectivity index (χ0) is 15.3. The molecule has 0 saturated heterocycles. The summed E-state index contributed by atoms with van der Waals surface area (Å²) in [6.45, 7) is 8.69. The second kappa shape index (κ2) is 6.90. The predicted molar refractivity (Wildman–Crippen MR) is 79.1 cm³/mol. The minimum Gasteiger partial charge on any atom is -0.384 e. The first kappa shape index (κ1) is 16.0. The summed E-state index contributed by atoms with van der Waals surface area (Å²) in [6.07, 6.45) is 0. The highest BCUT2D eigenvalue weighted by Gasteiger charge is 2.18. The normalized spacial score (nSPS) is 12.0. The summed E-state index contributed by atoms with van der Waals surface area (Å²) in [7, 11) is 0. The van der Waals surface area contributed by atoms with Crippen molar-refractivity contribution in [2.45, 2.75) is 33.6 Å². The van der Waals surface area contributed by atoms with E-state index in [4.69, 9.17) is 11.0 Å². The van der Waals surface area contributed by atoms with Crippen molar-refractivity contribution in [1.82, 2.24) is 9.88 Å². The first-order valence-electron chi connectivity index (χ1n) is 6.85. The number of nitrogens with zero attached hydrogens (tertiary/aromatic N) is 3. The molecule has 1 rings (SSSR count). The maximum Gasteiger partial charge on any atom is 0.254 e. The molecule has 0 aromatic carbocycles. The fourth-order valence-electron chi connectivity index (χ4n) is 1.90. The van der Waals surface area contributed by atoms with Crippen molar-refractivity contribution in [1.29, 1.82) is 5.26 Å². The summed E-state index contributed by atoms with van der Waals surface area (Å²) < 4.78 is 0. The number of carbonyl (C=O) groups excluding carboxylic acids is 1. The van der Waals surface area contributed by atoms with Crippen LogP contribution in [-0.2, 0) is 0 Å². The first-order chi connectivity index (χ1) is 9.38. The maximum absolute atomic E-state index is 12.5. The van der Waals surface area contributed by atoms with Crippen LogP contribution in [0.25, 0.3) is 0 Å². The molecule has 1 aromatic rings. The van der Waals surface area contributed by atoms with E-state index < -0.39 is 0 Å². The van der Waals surface area contributed by atoms with E-state index in [1.54, 1.807) is 24.0 Å². The van der Waals surface area contributed by atoms with E-state index in [1.165, 1.54) is 0 Å². The third kappa shape index (κ3) is 3.95. The molecule has 2 N–H and O–H groups in total. The molecule has 0 radical (unpaired) electrons. The SMILES string of the molecule is CCN(CC(C)C#N)C(=O)c1cc(N)nc(C(C)C)c1. The van der Waals surface area contributed by atoms with Crippen LogP contribution < -0.4 is 5.73 Å². The number of hydrogen-bond acceptors (Lipinski definition) is 4. The monoisotopic (exact) mass is 274 g/mol. The van der Waals surface area contributed by atoms with E-state index >= 15 is 0 Å². The van der Waals surface area contributed by atoms with Crippen LogP contribution in [0.3, 0.4) is 0 Å².